The normalized spacial score (nSPS) is 24.1. The van der Waals surface area contributed by atoms with Gasteiger partial charge in [0.05, 0.1) is 29.3 Å². The molecule has 8 heteroatoms. The second-order valence-corrected chi connectivity index (χ2v) is 5.40. The summed E-state index contributed by atoms with van der Waals surface area (Å²) in [6.45, 7) is 0. The Morgan fingerprint density at radius 2 is 2.04 bits per heavy atom. The molecule has 122 valence electrons. The van der Waals surface area contributed by atoms with Crippen LogP contribution in [0.2, 0.25) is 0 Å². The molecule has 0 bridgehead atoms. The summed E-state index contributed by atoms with van der Waals surface area (Å²) in [5.74, 6) is -0.813. The highest BCUT2D eigenvalue weighted by atomic mass is 19.4. The molecule has 0 radical (unpaired) electrons. The Labute approximate surface area is 129 Å². The van der Waals surface area contributed by atoms with Crippen LogP contribution in [0.1, 0.15) is 28.4 Å². The molecule has 2 N–H and O–H groups in total. The van der Waals surface area contributed by atoms with Crippen molar-refractivity contribution >= 4 is 5.91 Å². The first-order valence-electron chi connectivity index (χ1n) is 7.02. The number of nitrogens with zero attached hydrogens (tertiary/aromatic N) is 2. The van der Waals surface area contributed by atoms with Crippen LogP contribution in [0, 0.1) is 0 Å². The molecule has 3 atom stereocenters. The first-order chi connectivity index (χ1) is 10.9. The molecular formula is C15H14F3N3O2. The number of rotatable bonds is 3. The molecule has 0 saturated heterocycles. The number of aliphatic hydroxyl groups is 1. The van der Waals surface area contributed by atoms with Gasteiger partial charge in [-0.3, -0.25) is 9.48 Å². The fourth-order valence-electron chi connectivity index (χ4n) is 2.75. The molecule has 1 fully saturated rings. The Hall–Kier alpha value is -2.35. The van der Waals surface area contributed by atoms with Crippen molar-refractivity contribution in [1.82, 2.24) is 15.1 Å². The highest BCUT2D eigenvalue weighted by Gasteiger charge is 2.43. The van der Waals surface area contributed by atoms with Gasteiger partial charge in [0.15, 0.2) is 0 Å². The molecule has 0 spiro atoms. The number of carbonyl (C=O) groups is 1. The molecule has 3 rings (SSSR count). The van der Waals surface area contributed by atoms with Gasteiger partial charge >= 0.3 is 6.18 Å². The maximum Gasteiger partial charge on any atom is 0.417 e. The molecule has 0 aliphatic heterocycles. The summed E-state index contributed by atoms with van der Waals surface area (Å²) >= 11 is 0. The minimum Gasteiger partial charge on any atom is -0.391 e. The van der Waals surface area contributed by atoms with E-state index in [1.54, 1.807) is 12.3 Å². The number of aromatic nitrogens is 2. The van der Waals surface area contributed by atoms with Crippen LogP contribution < -0.4 is 5.32 Å². The number of aliphatic hydroxyl groups excluding tert-OH is 1. The van der Waals surface area contributed by atoms with Crippen LogP contribution in [-0.4, -0.2) is 32.9 Å². The molecule has 1 aliphatic rings. The van der Waals surface area contributed by atoms with Gasteiger partial charge in [0.1, 0.15) is 0 Å². The number of nitrogens with one attached hydrogen (secondary N) is 1. The van der Waals surface area contributed by atoms with Gasteiger partial charge in [-0.15, -0.1) is 0 Å². The lowest BCUT2D eigenvalue weighted by molar-refractivity contribution is -0.138. The average molecular weight is 325 g/mol. The molecule has 23 heavy (non-hydrogen) atoms. The highest BCUT2D eigenvalue weighted by molar-refractivity contribution is 5.96. The fourth-order valence-corrected chi connectivity index (χ4v) is 2.75. The Kier molecular flexibility index (Phi) is 3.85. The quantitative estimate of drug-likeness (QED) is 0.907. The molecule has 1 aromatic heterocycles. The predicted molar refractivity (Wildman–Crippen MR) is 74.6 cm³/mol. The van der Waals surface area contributed by atoms with E-state index in [1.807, 2.05) is 0 Å². The number of hydrogen-bond acceptors (Lipinski definition) is 3. The Bertz CT molecular complexity index is 700. The summed E-state index contributed by atoms with van der Waals surface area (Å²) < 4.78 is 40.4. The maximum atomic E-state index is 13.0. The zero-order valence-corrected chi connectivity index (χ0v) is 11.9. The zero-order valence-electron chi connectivity index (χ0n) is 11.9. The standard InChI is InChI=1S/C15H14F3N3O2/c16-15(17,18)10-5-2-1-4-9(10)14(23)20-11-8-12(22)13(11)21-7-3-6-19-21/h1-7,11-13,22H,8H2,(H,20,23)/t11-,12+,13+/m0/s1. The molecular weight excluding hydrogens is 311 g/mol. The molecule has 1 aromatic carbocycles. The monoisotopic (exact) mass is 325 g/mol. The van der Waals surface area contributed by atoms with Crippen molar-refractivity contribution in [2.24, 2.45) is 0 Å². The van der Waals surface area contributed by atoms with Crippen LogP contribution in [0.15, 0.2) is 42.7 Å². The average Bonchev–Trinajstić information content (AvgIpc) is 2.99. The Morgan fingerprint density at radius 1 is 1.30 bits per heavy atom. The molecule has 5 nitrogen and oxygen atoms in total. The van der Waals surface area contributed by atoms with E-state index in [0.717, 1.165) is 12.1 Å². The lowest BCUT2D eigenvalue weighted by Crippen LogP contribution is -2.56. The third-order valence-corrected chi connectivity index (χ3v) is 3.93. The largest absolute Gasteiger partial charge is 0.417 e. The van der Waals surface area contributed by atoms with Crippen molar-refractivity contribution in [2.75, 3.05) is 0 Å². The summed E-state index contributed by atoms with van der Waals surface area (Å²) in [7, 11) is 0. The second kappa shape index (κ2) is 5.69. The fraction of sp³-hybridized carbons (Fsp3) is 0.333. The van der Waals surface area contributed by atoms with Crippen molar-refractivity contribution in [3.63, 3.8) is 0 Å². The molecule has 0 unspecified atom stereocenters. The number of amides is 1. The number of alkyl halides is 3. The van der Waals surface area contributed by atoms with Gasteiger partial charge in [-0.05, 0) is 24.6 Å². The van der Waals surface area contributed by atoms with Gasteiger partial charge in [-0.2, -0.15) is 18.3 Å². The van der Waals surface area contributed by atoms with Crippen molar-refractivity contribution < 1.29 is 23.1 Å². The van der Waals surface area contributed by atoms with E-state index < -0.39 is 41.4 Å². The predicted octanol–water partition coefficient (Wildman–Crippen LogP) is 2.01. The summed E-state index contributed by atoms with van der Waals surface area (Å²) in [6.07, 6.45) is -1.87. The lowest BCUT2D eigenvalue weighted by Gasteiger charge is -2.41. The summed E-state index contributed by atoms with van der Waals surface area (Å²) in [4.78, 5) is 12.2. The van der Waals surface area contributed by atoms with E-state index in [2.05, 4.69) is 10.4 Å². The zero-order chi connectivity index (χ0) is 16.6. The molecule has 1 aliphatic carbocycles. The molecule has 1 heterocycles. The van der Waals surface area contributed by atoms with Gasteiger partial charge in [0.2, 0.25) is 0 Å². The lowest BCUT2D eigenvalue weighted by atomic mass is 9.82. The van der Waals surface area contributed by atoms with E-state index in [1.165, 1.54) is 23.0 Å². The van der Waals surface area contributed by atoms with Crippen LogP contribution in [0.3, 0.4) is 0 Å². The third-order valence-electron chi connectivity index (χ3n) is 3.93. The number of carbonyl (C=O) groups excluding carboxylic acids is 1. The van der Waals surface area contributed by atoms with E-state index in [-0.39, 0.29) is 6.42 Å². The van der Waals surface area contributed by atoms with Crippen LogP contribution >= 0.6 is 0 Å². The van der Waals surface area contributed by atoms with Crippen LogP contribution in [0.25, 0.3) is 0 Å². The minimum absolute atomic E-state index is 0.268. The van der Waals surface area contributed by atoms with Gasteiger partial charge in [0.25, 0.3) is 5.91 Å². The van der Waals surface area contributed by atoms with Gasteiger partial charge in [-0.25, -0.2) is 0 Å². The van der Waals surface area contributed by atoms with Crippen molar-refractivity contribution in [3.05, 3.63) is 53.9 Å². The SMILES string of the molecule is O=C(N[C@H]1C[C@@H](O)[C@@H]1n1cccn1)c1ccccc1C(F)(F)F. The Balaban J connectivity index is 1.78. The van der Waals surface area contributed by atoms with Crippen LogP contribution in [0.5, 0.6) is 0 Å². The molecule has 2 aromatic rings. The van der Waals surface area contributed by atoms with Crippen LogP contribution in [0.4, 0.5) is 13.2 Å². The first kappa shape index (κ1) is 15.5. The van der Waals surface area contributed by atoms with Gasteiger partial charge in [0, 0.05) is 12.4 Å². The summed E-state index contributed by atoms with van der Waals surface area (Å²) in [5.41, 5.74) is -1.41. The maximum absolute atomic E-state index is 13.0. The summed E-state index contributed by atoms with van der Waals surface area (Å²) in [5, 5.41) is 16.4. The van der Waals surface area contributed by atoms with E-state index in [0.29, 0.717) is 0 Å². The highest BCUT2D eigenvalue weighted by Crippen LogP contribution is 2.34. The van der Waals surface area contributed by atoms with Crippen molar-refractivity contribution in [2.45, 2.75) is 30.8 Å². The number of hydrogen-bond donors (Lipinski definition) is 2. The molecule has 1 amide bonds. The number of benzene rings is 1. The van der Waals surface area contributed by atoms with Crippen LogP contribution in [-0.2, 0) is 6.18 Å². The smallest absolute Gasteiger partial charge is 0.391 e. The van der Waals surface area contributed by atoms with Gasteiger partial charge in [-0.1, -0.05) is 12.1 Å². The summed E-state index contributed by atoms with van der Waals surface area (Å²) in [6, 6.07) is 5.34. The van der Waals surface area contributed by atoms with Crippen molar-refractivity contribution in [1.29, 1.82) is 0 Å². The van der Waals surface area contributed by atoms with Gasteiger partial charge < -0.3 is 10.4 Å². The van der Waals surface area contributed by atoms with E-state index >= 15 is 0 Å². The molecule has 1 saturated carbocycles. The topological polar surface area (TPSA) is 67.2 Å². The third kappa shape index (κ3) is 2.94. The first-order valence-corrected chi connectivity index (χ1v) is 7.02. The van der Waals surface area contributed by atoms with E-state index in [4.69, 9.17) is 0 Å². The second-order valence-electron chi connectivity index (χ2n) is 5.40. The minimum atomic E-state index is -4.60. The van der Waals surface area contributed by atoms with E-state index in [9.17, 15) is 23.1 Å². The Morgan fingerprint density at radius 3 is 2.65 bits per heavy atom. The van der Waals surface area contributed by atoms with Crippen molar-refractivity contribution in [3.8, 4) is 0 Å². The number of halogens is 3.